The molecule has 76 valence electrons. The van der Waals surface area contributed by atoms with Crippen LogP contribution < -0.4 is 5.32 Å². The molecule has 2 heterocycles. The molecule has 1 aromatic heterocycles. The van der Waals surface area contributed by atoms with Gasteiger partial charge in [-0.15, -0.1) is 11.3 Å². The van der Waals surface area contributed by atoms with Crippen molar-refractivity contribution < 1.29 is 0 Å². The molecule has 1 aliphatic heterocycles. The van der Waals surface area contributed by atoms with E-state index in [0.29, 0.717) is 0 Å². The monoisotopic (exact) mass is 216 g/mol. The fourth-order valence-corrected chi connectivity index (χ4v) is 2.77. The minimum absolute atomic E-state index is 1.01. The number of thiazole rings is 1. The van der Waals surface area contributed by atoms with Crippen LogP contribution in [-0.4, -0.2) is 11.5 Å². The van der Waals surface area contributed by atoms with Gasteiger partial charge in [-0.2, -0.15) is 0 Å². The van der Waals surface area contributed by atoms with E-state index in [4.69, 9.17) is 0 Å². The molecule has 0 spiro atoms. The molecule has 2 aromatic rings. The van der Waals surface area contributed by atoms with Gasteiger partial charge in [0.05, 0.1) is 11.2 Å². The second kappa shape index (κ2) is 3.35. The number of nitrogens with zero attached hydrogens (tertiary/aromatic N) is 1. The molecule has 0 saturated carbocycles. The molecule has 0 bridgehead atoms. The van der Waals surface area contributed by atoms with Crippen molar-refractivity contribution in [3.05, 3.63) is 34.2 Å². The Kier molecular flexibility index (Phi) is 1.99. The number of hydrogen-bond donors (Lipinski definition) is 1. The number of aromatic nitrogens is 1. The van der Waals surface area contributed by atoms with Crippen LogP contribution in [0.2, 0.25) is 0 Å². The minimum Gasteiger partial charge on any atom is -0.384 e. The van der Waals surface area contributed by atoms with Crippen molar-refractivity contribution in [1.82, 2.24) is 4.98 Å². The fraction of sp³-hybridized carbons (Fsp3) is 0.250. The Labute approximate surface area is 93.0 Å². The molecular weight excluding hydrogens is 204 g/mol. The Morgan fingerprint density at radius 3 is 3.27 bits per heavy atom. The van der Waals surface area contributed by atoms with Crippen molar-refractivity contribution in [3.63, 3.8) is 0 Å². The molecule has 3 rings (SSSR count). The summed E-state index contributed by atoms with van der Waals surface area (Å²) in [5, 5.41) is 3.47. The summed E-state index contributed by atoms with van der Waals surface area (Å²) in [6.45, 7) is 3.13. The van der Waals surface area contributed by atoms with E-state index in [0.717, 1.165) is 13.0 Å². The Balaban J connectivity index is 2.25. The van der Waals surface area contributed by atoms with Gasteiger partial charge in [0.25, 0.3) is 0 Å². The third kappa shape index (κ3) is 1.43. The Morgan fingerprint density at radius 1 is 1.40 bits per heavy atom. The predicted octanol–water partition coefficient (Wildman–Crippen LogP) is 3.09. The first-order valence-electron chi connectivity index (χ1n) is 5.12. The van der Waals surface area contributed by atoms with E-state index in [1.54, 1.807) is 11.3 Å². The average Bonchev–Trinajstić information content (AvgIpc) is 2.61. The third-order valence-electron chi connectivity index (χ3n) is 2.74. The highest BCUT2D eigenvalue weighted by Crippen LogP contribution is 2.34. The van der Waals surface area contributed by atoms with Gasteiger partial charge in [-0.1, -0.05) is 12.1 Å². The fourth-order valence-electron chi connectivity index (χ4n) is 1.99. The summed E-state index contributed by atoms with van der Waals surface area (Å²) >= 11 is 1.76. The maximum atomic E-state index is 4.47. The first-order valence-corrected chi connectivity index (χ1v) is 6.00. The number of anilines is 1. The van der Waals surface area contributed by atoms with Crippen LogP contribution in [0.1, 0.15) is 10.4 Å². The minimum atomic E-state index is 1.01. The maximum Gasteiger partial charge on any atom is 0.0864 e. The van der Waals surface area contributed by atoms with Gasteiger partial charge in [-0.05, 0) is 18.6 Å². The highest BCUT2D eigenvalue weighted by Gasteiger charge is 2.15. The third-order valence-corrected chi connectivity index (χ3v) is 3.63. The van der Waals surface area contributed by atoms with Crippen LogP contribution in [0.4, 0.5) is 5.69 Å². The van der Waals surface area contributed by atoms with Gasteiger partial charge in [0.1, 0.15) is 0 Å². The highest BCUT2D eigenvalue weighted by molar-refractivity contribution is 7.10. The number of benzene rings is 1. The summed E-state index contributed by atoms with van der Waals surface area (Å²) in [7, 11) is 0. The average molecular weight is 216 g/mol. The molecule has 15 heavy (non-hydrogen) atoms. The van der Waals surface area contributed by atoms with Gasteiger partial charge >= 0.3 is 0 Å². The van der Waals surface area contributed by atoms with E-state index in [1.165, 1.54) is 27.4 Å². The zero-order valence-corrected chi connectivity index (χ0v) is 9.40. The number of hydrogen-bond acceptors (Lipinski definition) is 3. The van der Waals surface area contributed by atoms with Crippen molar-refractivity contribution in [2.75, 3.05) is 11.9 Å². The molecule has 1 aliphatic rings. The first-order chi connectivity index (χ1) is 7.34. The van der Waals surface area contributed by atoms with E-state index in [9.17, 15) is 0 Å². The van der Waals surface area contributed by atoms with Gasteiger partial charge in [-0.3, -0.25) is 0 Å². The zero-order valence-electron chi connectivity index (χ0n) is 8.58. The van der Waals surface area contributed by atoms with E-state index in [1.807, 2.05) is 5.51 Å². The molecule has 0 amide bonds. The van der Waals surface area contributed by atoms with Gasteiger partial charge in [-0.25, -0.2) is 4.98 Å². The Morgan fingerprint density at radius 2 is 2.33 bits per heavy atom. The van der Waals surface area contributed by atoms with Crippen LogP contribution >= 0.6 is 11.3 Å². The standard InChI is InChI=1S/C12H12N2S/c1-8-2-3-9-10(6-8)13-5-4-11-12(9)14-7-15-11/h2-3,6-7,13H,4-5H2,1H3. The smallest absolute Gasteiger partial charge is 0.0864 e. The molecule has 0 aliphatic carbocycles. The lowest BCUT2D eigenvalue weighted by Crippen LogP contribution is -2.01. The van der Waals surface area contributed by atoms with Crippen molar-refractivity contribution >= 4 is 17.0 Å². The summed E-state index contributed by atoms with van der Waals surface area (Å²) in [4.78, 5) is 5.86. The van der Waals surface area contributed by atoms with Gasteiger partial charge < -0.3 is 5.32 Å². The van der Waals surface area contributed by atoms with Crippen LogP contribution in [0, 0.1) is 6.92 Å². The molecule has 3 heteroatoms. The lowest BCUT2D eigenvalue weighted by atomic mass is 10.1. The summed E-state index contributed by atoms with van der Waals surface area (Å²) in [5.74, 6) is 0. The van der Waals surface area contributed by atoms with Crippen LogP contribution in [0.5, 0.6) is 0 Å². The van der Waals surface area contributed by atoms with Gasteiger partial charge in [0.2, 0.25) is 0 Å². The highest BCUT2D eigenvalue weighted by atomic mass is 32.1. The van der Waals surface area contributed by atoms with Crippen LogP contribution in [0.3, 0.4) is 0 Å². The molecule has 1 aromatic carbocycles. The number of aryl methyl sites for hydroxylation is 1. The number of nitrogens with one attached hydrogen (secondary N) is 1. The van der Waals surface area contributed by atoms with E-state index >= 15 is 0 Å². The summed E-state index contributed by atoms with van der Waals surface area (Å²) < 4.78 is 0. The maximum absolute atomic E-state index is 4.47. The van der Waals surface area contributed by atoms with E-state index in [-0.39, 0.29) is 0 Å². The molecule has 0 fully saturated rings. The lowest BCUT2D eigenvalue weighted by Gasteiger charge is -2.07. The SMILES string of the molecule is Cc1ccc2c(c1)NCCc1scnc1-2. The van der Waals surface area contributed by atoms with Gasteiger partial charge in [0.15, 0.2) is 0 Å². The molecule has 0 radical (unpaired) electrons. The van der Waals surface area contributed by atoms with Crippen LogP contribution in [0.25, 0.3) is 11.3 Å². The first kappa shape index (κ1) is 8.92. The van der Waals surface area contributed by atoms with Crippen molar-refractivity contribution in [2.24, 2.45) is 0 Å². The Bertz CT molecular complexity index is 502. The van der Waals surface area contributed by atoms with Crippen LogP contribution in [0.15, 0.2) is 23.7 Å². The van der Waals surface area contributed by atoms with Crippen LogP contribution in [-0.2, 0) is 6.42 Å². The normalized spacial score (nSPS) is 13.7. The van der Waals surface area contributed by atoms with Crippen molar-refractivity contribution in [3.8, 4) is 11.3 Å². The van der Waals surface area contributed by atoms with E-state index in [2.05, 4.69) is 35.4 Å². The molecule has 2 nitrogen and oxygen atoms in total. The summed E-state index contributed by atoms with van der Waals surface area (Å²) in [6, 6.07) is 6.51. The molecule has 0 saturated heterocycles. The second-order valence-electron chi connectivity index (χ2n) is 3.85. The predicted molar refractivity (Wildman–Crippen MR) is 64.5 cm³/mol. The molecule has 0 unspecified atom stereocenters. The molecular formula is C12H12N2S. The molecule has 1 N–H and O–H groups in total. The largest absolute Gasteiger partial charge is 0.384 e. The topological polar surface area (TPSA) is 24.9 Å². The second-order valence-corrected chi connectivity index (χ2v) is 4.79. The van der Waals surface area contributed by atoms with Crippen molar-refractivity contribution in [1.29, 1.82) is 0 Å². The lowest BCUT2D eigenvalue weighted by molar-refractivity contribution is 1.06. The molecule has 0 atom stereocenters. The number of fused-ring (bicyclic) bond motifs is 3. The quantitative estimate of drug-likeness (QED) is 0.732. The van der Waals surface area contributed by atoms with Gasteiger partial charge in [0, 0.05) is 29.1 Å². The summed E-state index contributed by atoms with van der Waals surface area (Å²) in [5.41, 5.74) is 6.87. The van der Waals surface area contributed by atoms with E-state index < -0.39 is 0 Å². The zero-order chi connectivity index (χ0) is 10.3. The number of rotatable bonds is 0. The van der Waals surface area contributed by atoms with Crippen molar-refractivity contribution in [2.45, 2.75) is 13.3 Å². The Hall–Kier alpha value is -1.35. The summed E-state index contributed by atoms with van der Waals surface area (Å²) in [6.07, 6.45) is 1.08.